The van der Waals surface area contributed by atoms with Crippen molar-refractivity contribution in [2.75, 3.05) is 23.7 Å². The zero-order valence-corrected chi connectivity index (χ0v) is 19.4. The number of amides is 2. The third kappa shape index (κ3) is 5.63. The summed E-state index contributed by atoms with van der Waals surface area (Å²) in [5, 5.41) is 9.32. The molecule has 0 unspecified atom stereocenters. The minimum atomic E-state index is -0.172. The molecule has 2 saturated carbocycles. The number of rotatable bonds is 9. The van der Waals surface area contributed by atoms with Crippen LogP contribution in [0.4, 0.5) is 11.5 Å². The molecule has 2 aromatic carbocycles. The molecule has 174 valence electrons. The van der Waals surface area contributed by atoms with E-state index in [2.05, 4.69) is 20.9 Å². The first kappa shape index (κ1) is 22.1. The average Bonchev–Trinajstić information content (AvgIpc) is 3.78. The maximum absolute atomic E-state index is 12.9. The van der Waals surface area contributed by atoms with Gasteiger partial charge in [0.25, 0.3) is 11.8 Å². The Hall–Kier alpha value is -3.67. The van der Waals surface area contributed by atoms with E-state index in [1.54, 1.807) is 18.3 Å². The molecule has 2 fully saturated rings. The van der Waals surface area contributed by atoms with Crippen LogP contribution in [0.15, 0.2) is 60.8 Å². The van der Waals surface area contributed by atoms with Crippen molar-refractivity contribution in [1.29, 1.82) is 0 Å². The summed E-state index contributed by atoms with van der Waals surface area (Å²) in [6.07, 6.45) is 6.61. The molecule has 6 nitrogen and oxygen atoms in total. The molecule has 2 aliphatic carbocycles. The molecule has 0 aliphatic heterocycles. The fourth-order valence-electron chi connectivity index (χ4n) is 3.92. The first-order valence-corrected chi connectivity index (χ1v) is 12.1. The second kappa shape index (κ2) is 9.67. The highest BCUT2D eigenvalue weighted by Crippen LogP contribution is 2.30. The Labute approximate surface area is 200 Å². The number of hydrogen-bond donors (Lipinski definition) is 3. The number of benzene rings is 2. The third-order valence-corrected chi connectivity index (χ3v) is 6.49. The summed E-state index contributed by atoms with van der Waals surface area (Å²) < 4.78 is 0. The zero-order valence-electron chi connectivity index (χ0n) is 19.4. The van der Waals surface area contributed by atoms with Gasteiger partial charge in [-0.25, -0.2) is 4.98 Å². The molecule has 0 bridgehead atoms. The number of aryl methyl sites for hydroxylation is 1. The highest BCUT2D eigenvalue weighted by Gasteiger charge is 2.22. The second-order valence-corrected chi connectivity index (χ2v) is 9.47. The molecule has 1 aromatic heterocycles. The van der Waals surface area contributed by atoms with Crippen LogP contribution in [0.3, 0.4) is 0 Å². The van der Waals surface area contributed by atoms with Crippen molar-refractivity contribution >= 4 is 23.3 Å². The second-order valence-electron chi connectivity index (χ2n) is 9.47. The molecular weight excluding hydrogens is 424 g/mol. The Morgan fingerprint density at radius 1 is 0.853 bits per heavy atom. The van der Waals surface area contributed by atoms with Crippen LogP contribution in [-0.4, -0.2) is 29.9 Å². The lowest BCUT2D eigenvalue weighted by Crippen LogP contribution is -2.25. The molecule has 2 amide bonds. The maximum atomic E-state index is 12.9. The van der Waals surface area contributed by atoms with Gasteiger partial charge in [0, 0.05) is 36.1 Å². The van der Waals surface area contributed by atoms with Crippen LogP contribution in [0.2, 0.25) is 0 Å². The molecule has 3 N–H and O–H groups in total. The van der Waals surface area contributed by atoms with E-state index < -0.39 is 0 Å². The zero-order chi connectivity index (χ0) is 23.5. The molecule has 6 heteroatoms. The molecule has 5 rings (SSSR count). The Bertz CT molecular complexity index is 1200. The smallest absolute Gasteiger partial charge is 0.255 e. The Balaban J connectivity index is 1.26. The van der Waals surface area contributed by atoms with Gasteiger partial charge in [-0.3, -0.25) is 9.59 Å². The van der Waals surface area contributed by atoms with Crippen LogP contribution in [0.5, 0.6) is 0 Å². The molecule has 1 heterocycles. The number of nitrogens with one attached hydrogen (secondary N) is 3. The SMILES string of the molecule is Cc1ccc(NC(=O)c2ccnc(NCC3CC3)c2)cc1-c1ccc(C(=O)NCC2CC2)cc1. The summed E-state index contributed by atoms with van der Waals surface area (Å²) in [5.74, 6) is 1.91. The summed E-state index contributed by atoms with van der Waals surface area (Å²) >= 11 is 0. The Kier molecular flexibility index (Phi) is 6.30. The van der Waals surface area contributed by atoms with E-state index in [0.717, 1.165) is 47.2 Å². The topological polar surface area (TPSA) is 83.1 Å². The molecule has 0 atom stereocenters. The first-order chi connectivity index (χ1) is 16.5. The Morgan fingerprint density at radius 2 is 1.59 bits per heavy atom. The summed E-state index contributed by atoms with van der Waals surface area (Å²) in [7, 11) is 0. The monoisotopic (exact) mass is 454 g/mol. The van der Waals surface area contributed by atoms with E-state index >= 15 is 0 Å². The van der Waals surface area contributed by atoms with Gasteiger partial charge in [0.1, 0.15) is 5.82 Å². The van der Waals surface area contributed by atoms with Gasteiger partial charge in [-0.2, -0.15) is 0 Å². The van der Waals surface area contributed by atoms with Gasteiger partial charge in [0.15, 0.2) is 0 Å². The van der Waals surface area contributed by atoms with Crippen LogP contribution in [0.1, 0.15) is 52.0 Å². The van der Waals surface area contributed by atoms with Gasteiger partial charge in [-0.05, 0) is 97.5 Å². The van der Waals surface area contributed by atoms with Crippen molar-refractivity contribution in [1.82, 2.24) is 10.3 Å². The van der Waals surface area contributed by atoms with Gasteiger partial charge in [0.2, 0.25) is 0 Å². The third-order valence-electron chi connectivity index (χ3n) is 6.49. The number of carbonyl (C=O) groups is 2. The fourth-order valence-corrected chi connectivity index (χ4v) is 3.92. The summed E-state index contributed by atoms with van der Waals surface area (Å²) in [4.78, 5) is 29.5. The molecule has 34 heavy (non-hydrogen) atoms. The minimum Gasteiger partial charge on any atom is -0.370 e. The van der Waals surface area contributed by atoms with E-state index in [0.29, 0.717) is 17.0 Å². The predicted molar refractivity (Wildman–Crippen MR) is 135 cm³/mol. The summed E-state index contributed by atoms with van der Waals surface area (Å²) in [5.41, 5.74) is 5.07. The first-order valence-electron chi connectivity index (χ1n) is 12.1. The van der Waals surface area contributed by atoms with E-state index in [4.69, 9.17) is 0 Å². The summed E-state index contributed by atoms with van der Waals surface area (Å²) in [6.45, 7) is 3.70. The van der Waals surface area contributed by atoms with Crippen molar-refractivity contribution in [3.05, 3.63) is 77.5 Å². The van der Waals surface area contributed by atoms with Crippen molar-refractivity contribution in [2.24, 2.45) is 11.8 Å². The highest BCUT2D eigenvalue weighted by molar-refractivity contribution is 6.05. The fraction of sp³-hybridized carbons (Fsp3) is 0.321. The lowest BCUT2D eigenvalue weighted by molar-refractivity contribution is 0.0951. The van der Waals surface area contributed by atoms with E-state index in [1.165, 1.54) is 25.7 Å². The van der Waals surface area contributed by atoms with Crippen molar-refractivity contribution in [3.8, 4) is 11.1 Å². The number of carbonyl (C=O) groups excluding carboxylic acids is 2. The van der Waals surface area contributed by atoms with Gasteiger partial charge in [-0.1, -0.05) is 18.2 Å². The molecular formula is C28H30N4O2. The van der Waals surface area contributed by atoms with Gasteiger partial charge in [-0.15, -0.1) is 0 Å². The Morgan fingerprint density at radius 3 is 2.32 bits per heavy atom. The standard InChI is InChI=1S/C28H30N4O2/c1-18-2-11-24(32-28(34)23-12-13-29-26(14-23)30-16-19-3-4-19)15-25(18)21-7-9-22(10-8-21)27(33)31-17-20-5-6-20/h2,7-15,19-20H,3-6,16-17H2,1H3,(H,29,30)(H,31,33)(H,32,34). The number of hydrogen-bond acceptors (Lipinski definition) is 4. The van der Waals surface area contributed by atoms with E-state index in [1.807, 2.05) is 49.4 Å². The highest BCUT2D eigenvalue weighted by atomic mass is 16.2. The molecule has 3 aromatic rings. The van der Waals surface area contributed by atoms with E-state index in [-0.39, 0.29) is 11.8 Å². The van der Waals surface area contributed by atoms with Crippen molar-refractivity contribution < 1.29 is 9.59 Å². The predicted octanol–water partition coefficient (Wildman–Crippen LogP) is 5.27. The summed E-state index contributed by atoms with van der Waals surface area (Å²) in [6, 6.07) is 17.0. The normalized spacial score (nSPS) is 15.0. The lowest BCUT2D eigenvalue weighted by Gasteiger charge is -2.12. The quantitative estimate of drug-likeness (QED) is 0.411. The van der Waals surface area contributed by atoms with Crippen LogP contribution in [-0.2, 0) is 0 Å². The van der Waals surface area contributed by atoms with E-state index in [9.17, 15) is 9.59 Å². The molecule has 0 radical (unpaired) electrons. The largest absolute Gasteiger partial charge is 0.370 e. The minimum absolute atomic E-state index is 0.0282. The number of aromatic nitrogens is 1. The molecule has 0 spiro atoms. The van der Waals surface area contributed by atoms with Crippen molar-refractivity contribution in [3.63, 3.8) is 0 Å². The number of anilines is 2. The number of pyridine rings is 1. The van der Waals surface area contributed by atoms with Crippen LogP contribution in [0, 0.1) is 18.8 Å². The van der Waals surface area contributed by atoms with Crippen LogP contribution < -0.4 is 16.0 Å². The van der Waals surface area contributed by atoms with Gasteiger partial charge in [0.05, 0.1) is 0 Å². The van der Waals surface area contributed by atoms with Gasteiger partial charge < -0.3 is 16.0 Å². The average molecular weight is 455 g/mol. The maximum Gasteiger partial charge on any atom is 0.255 e. The van der Waals surface area contributed by atoms with Crippen LogP contribution in [0.25, 0.3) is 11.1 Å². The van der Waals surface area contributed by atoms with Crippen LogP contribution >= 0.6 is 0 Å². The molecule has 0 saturated heterocycles. The van der Waals surface area contributed by atoms with Crippen molar-refractivity contribution in [2.45, 2.75) is 32.6 Å². The molecule has 2 aliphatic rings. The van der Waals surface area contributed by atoms with Gasteiger partial charge >= 0.3 is 0 Å². The number of nitrogens with zero attached hydrogens (tertiary/aromatic N) is 1. The lowest BCUT2D eigenvalue weighted by atomic mass is 9.98.